The number of halogens is 1. The molecule has 22 heavy (non-hydrogen) atoms. The number of rotatable bonds is 1. The molecule has 3 nitrogen and oxygen atoms in total. The first-order valence-electron chi connectivity index (χ1n) is 6.83. The smallest absolute Gasteiger partial charge is 0.344 e. The van der Waals surface area contributed by atoms with E-state index in [4.69, 9.17) is 8.83 Å². The Morgan fingerprint density at radius 1 is 0.955 bits per heavy atom. The molecular formula is C18H11BrO3. The fourth-order valence-corrected chi connectivity index (χ4v) is 3.00. The number of aryl methyl sites for hydroxylation is 1. The summed E-state index contributed by atoms with van der Waals surface area (Å²) in [6, 6.07) is 13.3. The fraction of sp³-hybridized carbons (Fsp3) is 0.0556. The van der Waals surface area contributed by atoms with Gasteiger partial charge in [0, 0.05) is 20.8 Å². The van der Waals surface area contributed by atoms with Gasteiger partial charge in [-0.25, -0.2) is 4.79 Å². The molecule has 4 rings (SSSR count). The highest BCUT2D eigenvalue weighted by atomic mass is 79.9. The second-order valence-electron chi connectivity index (χ2n) is 5.28. The molecule has 0 amide bonds. The van der Waals surface area contributed by atoms with E-state index in [2.05, 4.69) is 15.9 Å². The molecule has 0 unspecified atom stereocenters. The van der Waals surface area contributed by atoms with Crippen LogP contribution in [-0.4, -0.2) is 0 Å². The van der Waals surface area contributed by atoms with Crippen molar-refractivity contribution in [3.05, 3.63) is 69.2 Å². The van der Waals surface area contributed by atoms with Gasteiger partial charge in [0.05, 0.1) is 11.8 Å². The maximum absolute atomic E-state index is 12.3. The normalized spacial score (nSPS) is 11.4. The van der Waals surface area contributed by atoms with Crippen LogP contribution in [0.4, 0.5) is 0 Å². The highest BCUT2D eigenvalue weighted by Gasteiger charge is 2.14. The van der Waals surface area contributed by atoms with Crippen LogP contribution >= 0.6 is 15.9 Å². The van der Waals surface area contributed by atoms with E-state index in [1.165, 1.54) is 0 Å². The molecule has 0 aliphatic rings. The van der Waals surface area contributed by atoms with E-state index in [1.807, 2.05) is 43.3 Å². The number of hydrogen-bond donors (Lipinski definition) is 0. The molecule has 2 aromatic carbocycles. The number of furan rings is 1. The van der Waals surface area contributed by atoms with Crippen LogP contribution in [0.25, 0.3) is 33.1 Å². The Kier molecular flexibility index (Phi) is 2.94. The molecule has 108 valence electrons. The van der Waals surface area contributed by atoms with Gasteiger partial charge in [-0.3, -0.25) is 0 Å². The molecule has 0 radical (unpaired) electrons. The first-order chi connectivity index (χ1) is 10.6. The second kappa shape index (κ2) is 4.85. The summed E-state index contributed by atoms with van der Waals surface area (Å²) < 4.78 is 11.9. The summed E-state index contributed by atoms with van der Waals surface area (Å²) in [7, 11) is 0. The molecule has 0 aliphatic carbocycles. The molecule has 0 aliphatic heterocycles. The third kappa shape index (κ3) is 2.07. The molecule has 4 heteroatoms. The Bertz CT molecular complexity index is 1070. The van der Waals surface area contributed by atoms with Crippen molar-refractivity contribution in [2.75, 3.05) is 0 Å². The standard InChI is InChI=1S/C18H11BrO3/c1-10-2-4-13-15(9-21-17(13)6-10)14-8-11-7-12(19)3-5-16(11)22-18(14)20/h2-9H,1H3. The lowest BCUT2D eigenvalue weighted by atomic mass is 10.0. The zero-order valence-electron chi connectivity index (χ0n) is 11.7. The van der Waals surface area contributed by atoms with Gasteiger partial charge in [0.2, 0.25) is 0 Å². The summed E-state index contributed by atoms with van der Waals surface area (Å²) in [5, 5.41) is 1.78. The minimum atomic E-state index is -0.363. The first kappa shape index (κ1) is 13.3. The van der Waals surface area contributed by atoms with Crippen LogP contribution in [0, 0.1) is 6.92 Å². The quantitative estimate of drug-likeness (QED) is 0.437. The average Bonchev–Trinajstić information content (AvgIpc) is 2.89. The molecule has 0 atom stereocenters. The van der Waals surface area contributed by atoms with E-state index in [1.54, 1.807) is 12.3 Å². The van der Waals surface area contributed by atoms with Crippen molar-refractivity contribution in [3.8, 4) is 11.1 Å². The van der Waals surface area contributed by atoms with Crippen molar-refractivity contribution in [3.63, 3.8) is 0 Å². The maximum atomic E-state index is 12.3. The summed E-state index contributed by atoms with van der Waals surface area (Å²) in [5.74, 6) is 0. The second-order valence-corrected chi connectivity index (χ2v) is 6.19. The lowest BCUT2D eigenvalue weighted by molar-refractivity contribution is 0.562. The van der Waals surface area contributed by atoms with Gasteiger partial charge in [0.15, 0.2) is 0 Å². The fourth-order valence-electron chi connectivity index (χ4n) is 2.63. The van der Waals surface area contributed by atoms with Gasteiger partial charge in [0.1, 0.15) is 11.2 Å². The van der Waals surface area contributed by atoms with Crippen molar-refractivity contribution < 1.29 is 8.83 Å². The highest BCUT2D eigenvalue weighted by Crippen LogP contribution is 2.31. The minimum absolute atomic E-state index is 0.363. The third-order valence-electron chi connectivity index (χ3n) is 3.72. The summed E-state index contributed by atoms with van der Waals surface area (Å²) >= 11 is 3.43. The molecule has 2 aromatic heterocycles. The zero-order valence-corrected chi connectivity index (χ0v) is 13.3. The molecular weight excluding hydrogens is 344 g/mol. The van der Waals surface area contributed by atoms with E-state index < -0.39 is 0 Å². The lowest BCUT2D eigenvalue weighted by Gasteiger charge is -2.01. The van der Waals surface area contributed by atoms with Crippen LogP contribution in [0.1, 0.15) is 5.56 Å². The number of benzene rings is 2. The van der Waals surface area contributed by atoms with Crippen LogP contribution in [0.2, 0.25) is 0 Å². The van der Waals surface area contributed by atoms with Crippen LogP contribution < -0.4 is 5.63 Å². The van der Waals surface area contributed by atoms with E-state index in [0.717, 1.165) is 32.0 Å². The molecule has 0 saturated heterocycles. The van der Waals surface area contributed by atoms with Gasteiger partial charge in [-0.1, -0.05) is 28.1 Å². The monoisotopic (exact) mass is 354 g/mol. The van der Waals surface area contributed by atoms with Gasteiger partial charge < -0.3 is 8.83 Å². The third-order valence-corrected chi connectivity index (χ3v) is 4.21. The maximum Gasteiger partial charge on any atom is 0.344 e. The Morgan fingerprint density at radius 3 is 2.68 bits per heavy atom. The SMILES string of the molecule is Cc1ccc2c(-c3cc4cc(Br)ccc4oc3=O)coc2c1. The van der Waals surface area contributed by atoms with E-state index >= 15 is 0 Å². The Hall–Kier alpha value is -2.33. The van der Waals surface area contributed by atoms with Crippen LogP contribution in [0.3, 0.4) is 0 Å². The Morgan fingerprint density at radius 2 is 1.82 bits per heavy atom. The average molecular weight is 355 g/mol. The van der Waals surface area contributed by atoms with Crippen molar-refractivity contribution >= 4 is 37.9 Å². The Labute approximate surface area is 134 Å². The number of fused-ring (bicyclic) bond motifs is 2. The molecule has 0 N–H and O–H groups in total. The van der Waals surface area contributed by atoms with Crippen molar-refractivity contribution in [1.82, 2.24) is 0 Å². The molecule has 0 fully saturated rings. The van der Waals surface area contributed by atoms with E-state index in [0.29, 0.717) is 11.1 Å². The summed E-state index contributed by atoms with van der Waals surface area (Å²) in [6.45, 7) is 2.00. The lowest BCUT2D eigenvalue weighted by Crippen LogP contribution is -2.02. The molecule has 0 spiro atoms. The van der Waals surface area contributed by atoms with E-state index in [9.17, 15) is 4.79 Å². The number of hydrogen-bond acceptors (Lipinski definition) is 3. The summed E-state index contributed by atoms with van der Waals surface area (Å²) in [5.41, 5.74) is 3.35. The van der Waals surface area contributed by atoms with Gasteiger partial charge in [-0.05, 0) is 42.8 Å². The minimum Gasteiger partial charge on any atom is -0.464 e. The van der Waals surface area contributed by atoms with Gasteiger partial charge >= 0.3 is 5.63 Å². The largest absolute Gasteiger partial charge is 0.464 e. The zero-order chi connectivity index (χ0) is 15.3. The molecule has 4 aromatic rings. The topological polar surface area (TPSA) is 43.4 Å². The van der Waals surface area contributed by atoms with Gasteiger partial charge in [-0.2, -0.15) is 0 Å². The van der Waals surface area contributed by atoms with Crippen LogP contribution in [0.5, 0.6) is 0 Å². The predicted molar refractivity (Wildman–Crippen MR) is 90.1 cm³/mol. The van der Waals surface area contributed by atoms with Crippen molar-refractivity contribution in [2.24, 2.45) is 0 Å². The van der Waals surface area contributed by atoms with Crippen LogP contribution in [-0.2, 0) is 0 Å². The van der Waals surface area contributed by atoms with Crippen molar-refractivity contribution in [2.45, 2.75) is 6.92 Å². The predicted octanol–water partition coefficient (Wildman–Crippen LogP) is 5.28. The summed E-state index contributed by atoms with van der Waals surface area (Å²) in [4.78, 5) is 12.3. The van der Waals surface area contributed by atoms with Gasteiger partial charge in [0.25, 0.3) is 0 Å². The first-order valence-corrected chi connectivity index (χ1v) is 7.63. The van der Waals surface area contributed by atoms with E-state index in [-0.39, 0.29) is 5.63 Å². The van der Waals surface area contributed by atoms with Crippen LogP contribution in [0.15, 0.2) is 66.8 Å². The Balaban J connectivity index is 2.03. The molecule has 2 heterocycles. The highest BCUT2D eigenvalue weighted by molar-refractivity contribution is 9.10. The molecule has 0 bridgehead atoms. The van der Waals surface area contributed by atoms with Crippen molar-refractivity contribution in [1.29, 1.82) is 0 Å². The summed E-state index contributed by atoms with van der Waals surface area (Å²) in [6.07, 6.45) is 1.61. The molecule has 0 saturated carbocycles. The van der Waals surface area contributed by atoms with Gasteiger partial charge in [-0.15, -0.1) is 0 Å².